The van der Waals surface area contributed by atoms with Crippen LogP contribution in [-0.2, 0) is 11.3 Å². The largest absolute Gasteiger partial charge is 0.489 e. The van der Waals surface area contributed by atoms with Crippen molar-refractivity contribution in [3.05, 3.63) is 28.8 Å². The molecule has 106 valence electrons. The SMILES string of the molecule is COCCC(C)Oc1c(Cl)cccc1CNC1CC1. The van der Waals surface area contributed by atoms with Gasteiger partial charge in [-0.25, -0.2) is 0 Å². The summed E-state index contributed by atoms with van der Waals surface area (Å²) in [5.41, 5.74) is 1.13. The van der Waals surface area contributed by atoms with E-state index < -0.39 is 0 Å². The van der Waals surface area contributed by atoms with E-state index in [0.717, 1.165) is 24.3 Å². The quantitative estimate of drug-likeness (QED) is 0.793. The van der Waals surface area contributed by atoms with E-state index in [9.17, 15) is 0 Å². The molecule has 1 unspecified atom stereocenters. The van der Waals surface area contributed by atoms with Gasteiger partial charge < -0.3 is 14.8 Å². The first-order valence-electron chi connectivity index (χ1n) is 6.87. The van der Waals surface area contributed by atoms with Gasteiger partial charge in [-0.05, 0) is 25.8 Å². The monoisotopic (exact) mass is 283 g/mol. The lowest BCUT2D eigenvalue weighted by Crippen LogP contribution is -2.19. The first-order valence-corrected chi connectivity index (χ1v) is 7.25. The topological polar surface area (TPSA) is 30.5 Å². The van der Waals surface area contributed by atoms with E-state index in [2.05, 4.69) is 11.4 Å². The Morgan fingerprint density at radius 1 is 1.42 bits per heavy atom. The van der Waals surface area contributed by atoms with Crippen LogP contribution in [0.5, 0.6) is 5.75 Å². The average molecular weight is 284 g/mol. The minimum Gasteiger partial charge on any atom is -0.489 e. The van der Waals surface area contributed by atoms with Crippen molar-refractivity contribution in [3.8, 4) is 5.75 Å². The van der Waals surface area contributed by atoms with E-state index in [0.29, 0.717) is 17.7 Å². The Bertz CT molecular complexity index is 407. The molecule has 1 fully saturated rings. The van der Waals surface area contributed by atoms with Crippen LogP contribution < -0.4 is 10.1 Å². The molecule has 0 heterocycles. The summed E-state index contributed by atoms with van der Waals surface area (Å²) >= 11 is 6.25. The zero-order chi connectivity index (χ0) is 13.7. The summed E-state index contributed by atoms with van der Waals surface area (Å²) in [6, 6.07) is 6.59. The van der Waals surface area contributed by atoms with E-state index in [1.807, 2.05) is 19.1 Å². The highest BCUT2D eigenvalue weighted by Crippen LogP contribution is 2.31. The third kappa shape index (κ3) is 4.68. The second-order valence-corrected chi connectivity index (χ2v) is 5.50. The molecule has 19 heavy (non-hydrogen) atoms. The molecule has 0 bridgehead atoms. The van der Waals surface area contributed by atoms with Crippen molar-refractivity contribution in [2.75, 3.05) is 13.7 Å². The lowest BCUT2D eigenvalue weighted by molar-refractivity contribution is 0.134. The van der Waals surface area contributed by atoms with Gasteiger partial charge in [-0.1, -0.05) is 23.7 Å². The maximum atomic E-state index is 6.25. The summed E-state index contributed by atoms with van der Waals surface area (Å²) in [4.78, 5) is 0. The van der Waals surface area contributed by atoms with Crippen LogP contribution in [0.4, 0.5) is 0 Å². The molecule has 0 saturated heterocycles. The molecule has 1 aliphatic carbocycles. The zero-order valence-corrected chi connectivity index (χ0v) is 12.4. The highest BCUT2D eigenvalue weighted by atomic mass is 35.5. The maximum absolute atomic E-state index is 6.25. The smallest absolute Gasteiger partial charge is 0.142 e. The van der Waals surface area contributed by atoms with Gasteiger partial charge in [0.15, 0.2) is 0 Å². The van der Waals surface area contributed by atoms with E-state index in [-0.39, 0.29) is 6.10 Å². The molecule has 0 amide bonds. The van der Waals surface area contributed by atoms with Gasteiger partial charge in [0.1, 0.15) is 5.75 Å². The third-order valence-electron chi connectivity index (χ3n) is 3.25. The Morgan fingerprint density at radius 3 is 2.89 bits per heavy atom. The summed E-state index contributed by atoms with van der Waals surface area (Å²) in [5.74, 6) is 0.806. The zero-order valence-electron chi connectivity index (χ0n) is 11.6. The van der Waals surface area contributed by atoms with Crippen LogP contribution >= 0.6 is 11.6 Å². The van der Waals surface area contributed by atoms with E-state index in [1.165, 1.54) is 12.8 Å². The Balaban J connectivity index is 1.98. The highest BCUT2D eigenvalue weighted by molar-refractivity contribution is 6.32. The van der Waals surface area contributed by atoms with Gasteiger partial charge in [0.05, 0.1) is 11.1 Å². The predicted octanol–water partition coefficient (Wildman–Crippen LogP) is 3.40. The van der Waals surface area contributed by atoms with Crippen LogP contribution in [-0.4, -0.2) is 25.9 Å². The predicted molar refractivity (Wildman–Crippen MR) is 77.9 cm³/mol. The minimum atomic E-state index is 0.0968. The second-order valence-electron chi connectivity index (χ2n) is 5.09. The standard InChI is InChI=1S/C15H22ClNO2/c1-11(8-9-18-2)19-15-12(4-3-5-14(15)16)10-17-13-6-7-13/h3-5,11,13,17H,6-10H2,1-2H3. The molecule has 0 aromatic heterocycles. The number of benzene rings is 1. The maximum Gasteiger partial charge on any atom is 0.142 e. The van der Waals surface area contributed by atoms with Crippen molar-refractivity contribution in [2.45, 2.75) is 44.9 Å². The van der Waals surface area contributed by atoms with Crippen molar-refractivity contribution in [1.29, 1.82) is 0 Å². The number of halogens is 1. The normalized spacial score (nSPS) is 16.4. The molecule has 1 aromatic carbocycles. The van der Waals surface area contributed by atoms with Gasteiger partial charge in [0.2, 0.25) is 0 Å². The summed E-state index contributed by atoms with van der Waals surface area (Å²) in [5, 5.41) is 4.17. The van der Waals surface area contributed by atoms with Gasteiger partial charge >= 0.3 is 0 Å². The number of nitrogens with one attached hydrogen (secondary N) is 1. The molecular weight excluding hydrogens is 262 g/mol. The summed E-state index contributed by atoms with van der Waals surface area (Å²) in [6.07, 6.45) is 3.51. The molecule has 0 spiro atoms. The van der Waals surface area contributed by atoms with Crippen molar-refractivity contribution in [1.82, 2.24) is 5.32 Å². The number of ether oxygens (including phenoxy) is 2. The fourth-order valence-corrected chi connectivity index (χ4v) is 2.15. The first kappa shape index (κ1) is 14.6. The van der Waals surface area contributed by atoms with Crippen LogP contribution in [0.3, 0.4) is 0 Å². The van der Waals surface area contributed by atoms with Gasteiger partial charge in [-0.15, -0.1) is 0 Å². The molecule has 1 aliphatic rings. The summed E-state index contributed by atoms with van der Waals surface area (Å²) in [6.45, 7) is 3.55. The molecule has 1 atom stereocenters. The van der Waals surface area contributed by atoms with Crippen LogP contribution in [0.2, 0.25) is 5.02 Å². The molecule has 0 aliphatic heterocycles. The summed E-state index contributed by atoms with van der Waals surface area (Å²) in [7, 11) is 1.70. The van der Waals surface area contributed by atoms with E-state index in [1.54, 1.807) is 7.11 Å². The molecule has 1 saturated carbocycles. The van der Waals surface area contributed by atoms with E-state index >= 15 is 0 Å². The molecule has 4 heteroatoms. The van der Waals surface area contributed by atoms with E-state index in [4.69, 9.17) is 21.1 Å². The Hall–Kier alpha value is -0.770. The number of hydrogen-bond acceptors (Lipinski definition) is 3. The van der Waals surface area contributed by atoms with Gasteiger partial charge in [0, 0.05) is 38.3 Å². The highest BCUT2D eigenvalue weighted by Gasteiger charge is 2.21. The molecule has 0 radical (unpaired) electrons. The number of hydrogen-bond donors (Lipinski definition) is 1. The first-order chi connectivity index (χ1) is 9.20. The number of rotatable bonds is 8. The molecule has 3 nitrogen and oxygen atoms in total. The van der Waals surface area contributed by atoms with Gasteiger partial charge in [0.25, 0.3) is 0 Å². The molecule has 1 N–H and O–H groups in total. The van der Waals surface area contributed by atoms with Gasteiger partial charge in [-0.2, -0.15) is 0 Å². The number of para-hydroxylation sites is 1. The Morgan fingerprint density at radius 2 is 2.21 bits per heavy atom. The van der Waals surface area contributed by atoms with Crippen molar-refractivity contribution in [3.63, 3.8) is 0 Å². The Labute approximate surface area is 120 Å². The van der Waals surface area contributed by atoms with Crippen LogP contribution in [0.25, 0.3) is 0 Å². The molecule has 1 aromatic rings. The second kappa shape index (κ2) is 7.13. The fraction of sp³-hybridized carbons (Fsp3) is 0.600. The minimum absolute atomic E-state index is 0.0968. The van der Waals surface area contributed by atoms with Crippen LogP contribution in [0.1, 0.15) is 31.7 Å². The summed E-state index contributed by atoms with van der Waals surface area (Å²) < 4.78 is 11.1. The van der Waals surface area contributed by atoms with Crippen LogP contribution in [0.15, 0.2) is 18.2 Å². The average Bonchev–Trinajstić information content (AvgIpc) is 3.21. The van der Waals surface area contributed by atoms with Crippen molar-refractivity contribution >= 4 is 11.6 Å². The lowest BCUT2D eigenvalue weighted by atomic mass is 10.2. The molecular formula is C15H22ClNO2. The van der Waals surface area contributed by atoms with Crippen molar-refractivity contribution in [2.24, 2.45) is 0 Å². The lowest BCUT2D eigenvalue weighted by Gasteiger charge is -2.18. The fourth-order valence-electron chi connectivity index (χ4n) is 1.91. The molecule has 2 rings (SSSR count). The Kier molecular flexibility index (Phi) is 5.49. The van der Waals surface area contributed by atoms with Crippen LogP contribution in [0, 0.1) is 0 Å². The number of methoxy groups -OCH3 is 1. The van der Waals surface area contributed by atoms with Gasteiger partial charge in [-0.3, -0.25) is 0 Å². The third-order valence-corrected chi connectivity index (χ3v) is 3.55. The van der Waals surface area contributed by atoms with Crippen molar-refractivity contribution < 1.29 is 9.47 Å².